The van der Waals surface area contributed by atoms with Gasteiger partial charge in [-0.15, -0.1) is 0 Å². The molecule has 1 aromatic heterocycles. The van der Waals surface area contributed by atoms with Gasteiger partial charge in [0.1, 0.15) is 11.6 Å². The van der Waals surface area contributed by atoms with E-state index in [1.807, 2.05) is 0 Å². The van der Waals surface area contributed by atoms with Gasteiger partial charge in [0.05, 0.1) is 16.8 Å². The maximum absolute atomic E-state index is 13.8. The molecule has 0 aliphatic heterocycles. The molecule has 1 aromatic carbocycles. The summed E-state index contributed by atoms with van der Waals surface area (Å²) in [6, 6.07) is 7.23. The first-order valence-corrected chi connectivity index (χ1v) is 6.22. The summed E-state index contributed by atoms with van der Waals surface area (Å²) < 4.78 is 27.5. The second-order valence-corrected chi connectivity index (χ2v) is 4.54. The molecule has 2 aromatic rings. The standard InChI is InChI=1S/C14H13ClF2N2/c1-18-12(14-11(16)6-3-7-19-14)8-9-4-2-5-10(15)13(9)17/h2-7,12,18H,8H2,1H3. The second kappa shape index (κ2) is 6.08. The Morgan fingerprint density at radius 1 is 1.26 bits per heavy atom. The zero-order valence-corrected chi connectivity index (χ0v) is 11.1. The van der Waals surface area contributed by atoms with E-state index < -0.39 is 17.7 Å². The molecule has 0 bridgehead atoms. The molecule has 0 amide bonds. The maximum atomic E-state index is 13.8. The summed E-state index contributed by atoms with van der Waals surface area (Å²) in [5.41, 5.74) is 0.696. The van der Waals surface area contributed by atoms with Gasteiger partial charge in [0.25, 0.3) is 0 Å². The van der Waals surface area contributed by atoms with Crippen molar-refractivity contribution in [1.82, 2.24) is 10.3 Å². The fraction of sp³-hybridized carbons (Fsp3) is 0.214. The molecule has 100 valence electrons. The quantitative estimate of drug-likeness (QED) is 0.928. The van der Waals surface area contributed by atoms with Gasteiger partial charge in [-0.05, 0) is 37.2 Å². The summed E-state index contributed by atoms with van der Waals surface area (Å²) in [5.74, 6) is -0.884. The van der Waals surface area contributed by atoms with Crippen molar-refractivity contribution in [1.29, 1.82) is 0 Å². The van der Waals surface area contributed by atoms with Gasteiger partial charge in [0.2, 0.25) is 0 Å². The van der Waals surface area contributed by atoms with E-state index in [1.54, 1.807) is 19.2 Å². The molecule has 1 atom stereocenters. The van der Waals surface area contributed by atoms with Crippen molar-refractivity contribution >= 4 is 11.6 Å². The smallest absolute Gasteiger partial charge is 0.146 e. The van der Waals surface area contributed by atoms with Crippen LogP contribution in [0.15, 0.2) is 36.5 Å². The molecular weight excluding hydrogens is 270 g/mol. The average Bonchev–Trinajstić information content (AvgIpc) is 2.41. The molecule has 0 spiro atoms. The van der Waals surface area contributed by atoms with E-state index in [4.69, 9.17) is 11.6 Å². The number of hydrogen-bond donors (Lipinski definition) is 1. The van der Waals surface area contributed by atoms with Crippen molar-refractivity contribution in [3.05, 3.63) is 64.4 Å². The zero-order valence-electron chi connectivity index (χ0n) is 10.3. The van der Waals surface area contributed by atoms with Crippen LogP contribution in [0, 0.1) is 11.6 Å². The molecule has 0 saturated carbocycles. The van der Waals surface area contributed by atoms with E-state index >= 15 is 0 Å². The molecule has 0 aliphatic rings. The molecular formula is C14H13ClF2N2. The minimum atomic E-state index is -0.472. The second-order valence-electron chi connectivity index (χ2n) is 4.13. The summed E-state index contributed by atoms with van der Waals surface area (Å²) in [4.78, 5) is 4.00. The lowest BCUT2D eigenvalue weighted by Crippen LogP contribution is -2.21. The fourth-order valence-electron chi connectivity index (χ4n) is 1.92. The van der Waals surface area contributed by atoms with Crippen molar-refractivity contribution in [3.8, 4) is 0 Å². The molecule has 2 nitrogen and oxygen atoms in total. The highest BCUT2D eigenvalue weighted by Gasteiger charge is 2.18. The number of halogens is 3. The molecule has 1 unspecified atom stereocenters. The van der Waals surface area contributed by atoms with Crippen molar-refractivity contribution in [2.24, 2.45) is 0 Å². The Labute approximate surface area is 115 Å². The van der Waals surface area contributed by atoms with Gasteiger partial charge in [-0.25, -0.2) is 8.78 Å². The van der Waals surface area contributed by atoms with Crippen LogP contribution in [0.2, 0.25) is 5.02 Å². The van der Waals surface area contributed by atoms with Gasteiger partial charge in [-0.3, -0.25) is 4.98 Å². The van der Waals surface area contributed by atoms with Crippen LogP contribution in [-0.4, -0.2) is 12.0 Å². The molecule has 1 N–H and O–H groups in total. The summed E-state index contributed by atoms with van der Waals surface area (Å²) >= 11 is 5.73. The van der Waals surface area contributed by atoms with Crippen LogP contribution in [0.5, 0.6) is 0 Å². The third kappa shape index (κ3) is 3.08. The highest BCUT2D eigenvalue weighted by atomic mass is 35.5. The summed E-state index contributed by atoms with van der Waals surface area (Å²) in [7, 11) is 1.68. The Morgan fingerprint density at radius 2 is 2.05 bits per heavy atom. The first-order valence-electron chi connectivity index (χ1n) is 5.84. The number of aromatic nitrogens is 1. The van der Waals surface area contributed by atoms with Crippen LogP contribution in [0.3, 0.4) is 0 Å². The van der Waals surface area contributed by atoms with E-state index in [9.17, 15) is 8.78 Å². The van der Waals surface area contributed by atoms with Gasteiger partial charge in [0.15, 0.2) is 0 Å². The number of hydrogen-bond acceptors (Lipinski definition) is 2. The highest BCUT2D eigenvalue weighted by Crippen LogP contribution is 2.24. The van der Waals surface area contributed by atoms with E-state index in [-0.39, 0.29) is 17.1 Å². The van der Waals surface area contributed by atoms with Crippen molar-refractivity contribution < 1.29 is 8.78 Å². The Morgan fingerprint density at radius 3 is 2.74 bits per heavy atom. The SMILES string of the molecule is CNC(Cc1cccc(Cl)c1F)c1ncccc1F. The summed E-state index contributed by atoms with van der Waals surface area (Å²) in [6.45, 7) is 0. The third-order valence-electron chi connectivity index (χ3n) is 2.92. The lowest BCUT2D eigenvalue weighted by Gasteiger charge is -2.16. The van der Waals surface area contributed by atoms with Gasteiger partial charge < -0.3 is 5.32 Å². The maximum Gasteiger partial charge on any atom is 0.146 e. The molecule has 0 fully saturated rings. The number of benzene rings is 1. The van der Waals surface area contributed by atoms with Crippen LogP contribution in [0.4, 0.5) is 8.78 Å². The normalized spacial score (nSPS) is 12.4. The van der Waals surface area contributed by atoms with Crippen LogP contribution < -0.4 is 5.32 Å². The van der Waals surface area contributed by atoms with E-state index in [2.05, 4.69) is 10.3 Å². The average molecular weight is 283 g/mol. The third-order valence-corrected chi connectivity index (χ3v) is 3.21. The summed E-state index contributed by atoms with van der Waals surface area (Å²) in [5, 5.41) is 3.01. The topological polar surface area (TPSA) is 24.9 Å². The van der Waals surface area contributed by atoms with Gasteiger partial charge in [0, 0.05) is 6.20 Å². The van der Waals surface area contributed by atoms with E-state index in [1.165, 1.54) is 24.4 Å². The Bertz CT molecular complexity index is 575. The van der Waals surface area contributed by atoms with Gasteiger partial charge >= 0.3 is 0 Å². The fourth-order valence-corrected chi connectivity index (χ4v) is 2.11. The first kappa shape index (κ1) is 13.9. The van der Waals surface area contributed by atoms with E-state index in [0.29, 0.717) is 5.56 Å². The molecule has 5 heteroatoms. The Hall–Kier alpha value is -1.52. The van der Waals surface area contributed by atoms with E-state index in [0.717, 1.165) is 0 Å². The van der Waals surface area contributed by atoms with Crippen LogP contribution in [0.25, 0.3) is 0 Å². The number of pyridine rings is 1. The molecule has 1 heterocycles. The Balaban J connectivity index is 2.30. The molecule has 0 aliphatic carbocycles. The van der Waals surface area contributed by atoms with Crippen molar-refractivity contribution in [2.75, 3.05) is 7.05 Å². The predicted octanol–water partition coefficient (Wildman–Crippen LogP) is 3.52. The first-order chi connectivity index (χ1) is 9.13. The van der Waals surface area contributed by atoms with Crippen molar-refractivity contribution in [2.45, 2.75) is 12.5 Å². The number of likely N-dealkylation sites (N-methyl/N-ethyl adjacent to an activating group) is 1. The lowest BCUT2D eigenvalue weighted by molar-refractivity contribution is 0.505. The van der Waals surface area contributed by atoms with Gasteiger partial charge in [-0.2, -0.15) is 0 Å². The number of nitrogens with one attached hydrogen (secondary N) is 1. The largest absolute Gasteiger partial charge is 0.311 e. The van der Waals surface area contributed by atoms with Crippen LogP contribution >= 0.6 is 11.6 Å². The molecule has 0 saturated heterocycles. The summed E-state index contributed by atoms with van der Waals surface area (Å²) in [6.07, 6.45) is 1.79. The lowest BCUT2D eigenvalue weighted by atomic mass is 10.0. The predicted molar refractivity (Wildman–Crippen MR) is 71.1 cm³/mol. The molecule has 0 radical (unpaired) electrons. The number of nitrogens with zero attached hydrogens (tertiary/aromatic N) is 1. The Kier molecular flexibility index (Phi) is 4.45. The van der Waals surface area contributed by atoms with Crippen LogP contribution in [-0.2, 0) is 6.42 Å². The highest BCUT2D eigenvalue weighted by molar-refractivity contribution is 6.30. The monoisotopic (exact) mass is 282 g/mol. The molecule has 2 rings (SSSR count). The molecule has 19 heavy (non-hydrogen) atoms. The number of rotatable bonds is 4. The minimum absolute atomic E-state index is 0.0637. The van der Waals surface area contributed by atoms with Gasteiger partial charge in [-0.1, -0.05) is 23.7 Å². The minimum Gasteiger partial charge on any atom is -0.311 e. The van der Waals surface area contributed by atoms with Crippen molar-refractivity contribution in [3.63, 3.8) is 0 Å². The zero-order chi connectivity index (χ0) is 13.8. The van der Waals surface area contributed by atoms with Crippen LogP contribution in [0.1, 0.15) is 17.3 Å².